The minimum atomic E-state index is -0.674. The summed E-state index contributed by atoms with van der Waals surface area (Å²) in [4.78, 5) is 19.5. The molecule has 0 radical (unpaired) electrons. The smallest absolute Gasteiger partial charge is 0.258 e. The first-order valence-electron chi connectivity index (χ1n) is 5.26. The Morgan fingerprint density at radius 3 is 2.61 bits per heavy atom. The fraction of sp³-hybridized carbons (Fsp3) is 0.0833. The third kappa shape index (κ3) is 2.42. The van der Waals surface area contributed by atoms with E-state index in [-0.39, 0.29) is 11.4 Å². The molecular formula is C12H11FN4O. The van der Waals surface area contributed by atoms with Gasteiger partial charge in [-0.3, -0.25) is 9.78 Å². The van der Waals surface area contributed by atoms with Crippen molar-refractivity contribution in [3.8, 4) is 0 Å². The summed E-state index contributed by atoms with van der Waals surface area (Å²) >= 11 is 0. The molecule has 1 amide bonds. The molecule has 2 rings (SSSR count). The Kier molecular flexibility index (Phi) is 3.47. The number of carbonyl (C=O) groups excluding carboxylic acids is 1. The van der Waals surface area contributed by atoms with Crippen LogP contribution in [0.5, 0.6) is 0 Å². The minimum Gasteiger partial charge on any atom is -0.371 e. The second-order valence-electron chi connectivity index (χ2n) is 3.46. The number of nitrogens with one attached hydrogen (secondary N) is 2. The molecule has 0 aliphatic carbocycles. The predicted molar refractivity (Wildman–Crippen MR) is 65.9 cm³/mol. The monoisotopic (exact) mass is 246 g/mol. The number of carbonyl (C=O) groups is 1. The van der Waals surface area contributed by atoms with Gasteiger partial charge in [0.05, 0.1) is 5.56 Å². The average Bonchev–Trinajstić information content (AvgIpc) is 2.40. The van der Waals surface area contributed by atoms with Crippen LogP contribution >= 0.6 is 0 Å². The second kappa shape index (κ2) is 5.22. The maximum absolute atomic E-state index is 13.8. The summed E-state index contributed by atoms with van der Waals surface area (Å²) in [5.74, 6) is -1.17. The number of nitrogens with zero attached hydrogens (tertiary/aromatic N) is 2. The first-order chi connectivity index (χ1) is 8.72. The molecule has 6 heteroatoms. The van der Waals surface area contributed by atoms with Gasteiger partial charge in [-0.1, -0.05) is 0 Å². The Morgan fingerprint density at radius 1 is 1.22 bits per heavy atom. The normalized spacial score (nSPS) is 9.89. The van der Waals surface area contributed by atoms with E-state index in [2.05, 4.69) is 20.6 Å². The first kappa shape index (κ1) is 12.0. The Balaban J connectivity index is 2.24. The van der Waals surface area contributed by atoms with Crippen LogP contribution in [0.15, 0.2) is 36.8 Å². The molecule has 0 saturated carbocycles. The van der Waals surface area contributed by atoms with Crippen molar-refractivity contribution in [1.29, 1.82) is 0 Å². The van der Waals surface area contributed by atoms with Gasteiger partial charge in [-0.15, -0.1) is 0 Å². The molecule has 0 saturated heterocycles. The number of pyridine rings is 2. The lowest BCUT2D eigenvalue weighted by atomic mass is 10.2. The minimum absolute atomic E-state index is 0.0392. The molecule has 2 aromatic heterocycles. The van der Waals surface area contributed by atoms with Crippen LogP contribution in [-0.2, 0) is 0 Å². The third-order valence-corrected chi connectivity index (χ3v) is 2.31. The van der Waals surface area contributed by atoms with E-state index in [1.165, 1.54) is 31.7 Å². The highest BCUT2D eigenvalue weighted by atomic mass is 19.1. The lowest BCUT2D eigenvalue weighted by Crippen LogP contribution is -2.15. The van der Waals surface area contributed by atoms with Crippen LogP contribution in [0.1, 0.15) is 10.4 Å². The fourth-order valence-electron chi connectivity index (χ4n) is 1.43. The molecule has 5 nitrogen and oxygen atoms in total. The van der Waals surface area contributed by atoms with Gasteiger partial charge in [0.2, 0.25) is 0 Å². The Labute approximate surface area is 103 Å². The van der Waals surface area contributed by atoms with E-state index in [1.807, 2.05) is 0 Å². The Hall–Kier alpha value is -2.50. The third-order valence-electron chi connectivity index (χ3n) is 2.31. The summed E-state index contributed by atoms with van der Waals surface area (Å²) in [5, 5.41) is 5.15. The standard InChI is InChI=1S/C12H11FN4O/c1-14-11-10(13)9(4-7-16-11)12(18)17-8-2-5-15-6-3-8/h2-7H,1H3,(H,14,16)(H,15,17,18). The highest BCUT2D eigenvalue weighted by Crippen LogP contribution is 2.16. The van der Waals surface area contributed by atoms with E-state index < -0.39 is 11.7 Å². The van der Waals surface area contributed by atoms with Crippen molar-refractivity contribution >= 4 is 17.4 Å². The van der Waals surface area contributed by atoms with E-state index in [4.69, 9.17) is 0 Å². The lowest BCUT2D eigenvalue weighted by Gasteiger charge is -2.07. The van der Waals surface area contributed by atoms with Crippen molar-refractivity contribution in [2.75, 3.05) is 17.7 Å². The number of hydrogen-bond acceptors (Lipinski definition) is 4. The maximum Gasteiger partial charge on any atom is 0.258 e. The zero-order valence-corrected chi connectivity index (χ0v) is 9.64. The van der Waals surface area contributed by atoms with Gasteiger partial charge in [0.15, 0.2) is 11.6 Å². The van der Waals surface area contributed by atoms with Gasteiger partial charge >= 0.3 is 0 Å². The maximum atomic E-state index is 13.8. The molecule has 0 aliphatic rings. The number of aromatic nitrogens is 2. The van der Waals surface area contributed by atoms with Gasteiger partial charge < -0.3 is 10.6 Å². The molecule has 0 aromatic carbocycles. The molecule has 0 bridgehead atoms. The molecule has 0 aliphatic heterocycles. The number of rotatable bonds is 3. The summed E-state index contributed by atoms with van der Waals surface area (Å²) in [7, 11) is 1.54. The molecule has 2 N–H and O–H groups in total. The predicted octanol–water partition coefficient (Wildman–Crippen LogP) is 1.91. The van der Waals surface area contributed by atoms with Gasteiger partial charge in [-0.2, -0.15) is 0 Å². The van der Waals surface area contributed by atoms with Crippen LogP contribution in [0.4, 0.5) is 15.9 Å². The number of amides is 1. The van der Waals surface area contributed by atoms with Gasteiger partial charge in [0, 0.05) is 31.3 Å². The molecule has 0 unspecified atom stereocenters. The van der Waals surface area contributed by atoms with Crippen LogP contribution < -0.4 is 10.6 Å². The molecule has 2 aromatic rings. The average molecular weight is 246 g/mol. The molecule has 92 valence electrons. The van der Waals surface area contributed by atoms with Crippen LogP contribution in [0.25, 0.3) is 0 Å². The SMILES string of the molecule is CNc1nccc(C(=O)Nc2ccncc2)c1F. The van der Waals surface area contributed by atoms with Crippen LogP contribution in [-0.4, -0.2) is 22.9 Å². The van der Waals surface area contributed by atoms with Crippen LogP contribution in [0, 0.1) is 5.82 Å². The van der Waals surface area contributed by atoms with E-state index in [1.54, 1.807) is 12.1 Å². The van der Waals surface area contributed by atoms with Gasteiger partial charge in [0.25, 0.3) is 5.91 Å². The molecular weight excluding hydrogens is 235 g/mol. The summed E-state index contributed by atoms with van der Waals surface area (Å²) in [5.41, 5.74) is 0.489. The number of halogens is 1. The number of anilines is 2. The molecule has 2 heterocycles. The van der Waals surface area contributed by atoms with Gasteiger partial charge in [-0.05, 0) is 18.2 Å². The summed E-state index contributed by atoms with van der Waals surface area (Å²) in [6, 6.07) is 4.57. The van der Waals surface area contributed by atoms with Crippen molar-refractivity contribution in [2.24, 2.45) is 0 Å². The molecule has 0 atom stereocenters. The fourth-order valence-corrected chi connectivity index (χ4v) is 1.43. The quantitative estimate of drug-likeness (QED) is 0.868. The topological polar surface area (TPSA) is 66.9 Å². The Morgan fingerprint density at radius 2 is 1.94 bits per heavy atom. The Bertz CT molecular complexity index is 559. The van der Waals surface area contributed by atoms with E-state index in [0.717, 1.165) is 0 Å². The second-order valence-corrected chi connectivity index (χ2v) is 3.46. The zero-order chi connectivity index (χ0) is 13.0. The van der Waals surface area contributed by atoms with Crippen molar-refractivity contribution in [1.82, 2.24) is 9.97 Å². The van der Waals surface area contributed by atoms with Crippen molar-refractivity contribution < 1.29 is 9.18 Å². The molecule has 18 heavy (non-hydrogen) atoms. The zero-order valence-electron chi connectivity index (χ0n) is 9.64. The van der Waals surface area contributed by atoms with Gasteiger partial charge in [-0.25, -0.2) is 9.37 Å². The highest BCUT2D eigenvalue weighted by Gasteiger charge is 2.15. The summed E-state index contributed by atoms with van der Waals surface area (Å²) < 4.78 is 13.8. The van der Waals surface area contributed by atoms with E-state index in [9.17, 15) is 9.18 Å². The van der Waals surface area contributed by atoms with Crippen molar-refractivity contribution in [3.63, 3.8) is 0 Å². The first-order valence-corrected chi connectivity index (χ1v) is 5.26. The van der Waals surface area contributed by atoms with Gasteiger partial charge in [0.1, 0.15) is 0 Å². The van der Waals surface area contributed by atoms with E-state index >= 15 is 0 Å². The highest BCUT2D eigenvalue weighted by molar-refractivity contribution is 6.04. The van der Waals surface area contributed by atoms with Crippen LogP contribution in [0.3, 0.4) is 0 Å². The number of hydrogen-bond donors (Lipinski definition) is 2. The largest absolute Gasteiger partial charge is 0.371 e. The lowest BCUT2D eigenvalue weighted by molar-refractivity contribution is 0.102. The van der Waals surface area contributed by atoms with Crippen molar-refractivity contribution in [2.45, 2.75) is 0 Å². The van der Waals surface area contributed by atoms with E-state index in [0.29, 0.717) is 5.69 Å². The summed E-state index contributed by atoms with van der Waals surface area (Å²) in [6.45, 7) is 0. The summed E-state index contributed by atoms with van der Waals surface area (Å²) in [6.07, 6.45) is 4.45. The van der Waals surface area contributed by atoms with Crippen LogP contribution in [0.2, 0.25) is 0 Å². The van der Waals surface area contributed by atoms with Crippen molar-refractivity contribution in [3.05, 3.63) is 48.2 Å². The molecule has 0 spiro atoms. The molecule has 0 fully saturated rings.